The van der Waals surface area contributed by atoms with Crippen molar-refractivity contribution in [3.8, 4) is 0 Å². The molecular weight excluding hydrogens is 154 g/mol. The zero-order chi connectivity index (χ0) is 8.55. The van der Waals surface area contributed by atoms with Crippen LogP contribution in [0.2, 0.25) is 0 Å². The summed E-state index contributed by atoms with van der Waals surface area (Å²) in [6, 6.07) is 0.583. The molecule has 0 aromatic heterocycles. The number of carboxylic acids is 1. The third kappa shape index (κ3) is 1.33. The first-order valence-electron chi connectivity index (χ1n) is 4.74. The summed E-state index contributed by atoms with van der Waals surface area (Å²) in [5.41, 5.74) is 0. The van der Waals surface area contributed by atoms with E-state index < -0.39 is 5.97 Å². The predicted octanol–water partition coefficient (Wildman–Crippen LogP) is 0.945. The van der Waals surface area contributed by atoms with Crippen LogP contribution in [0.5, 0.6) is 0 Å². The van der Waals surface area contributed by atoms with Crippen molar-refractivity contribution >= 4 is 5.97 Å². The van der Waals surface area contributed by atoms with Gasteiger partial charge in [0.25, 0.3) is 0 Å². The normalized spacial score (nSPS) is 36.3. The lowest BCUT2D eigenvalue weighted by atomic mass is 10.00. The van der Waals surface area contributed by atoms with E-state index in [0.717, 1.165) is 19.5 Å². The molecule has 0 aromatic rings. The Kier molecular flexibility index (Phi) is 2.05. The zero-order valence-corrected chi connectivity index (χ0v) is 7.20. The fraction of sp³-hybridized carbons (Fsp3) is 0.889. The number of piperidine rings is 1. The molecule has 12 heavy (non-hydrogen) atoms. The van der Waals surface area contributed by atoms with Gasteiger partial charge in [-0.1, -0.05) is 6.42 Å². The largest absolute Gasteiger partial charge is 0.481 e. The molecule has 2 fully saturated rings. The van der Waals surface area contributed by atoms with Gasteiger partial charge in [-0.2, -0.15) is 0 Å². The molecule has 0 unspecified atom stereocenters. The van der Waals surface area contributed by atoms with Crippen LogP contribution in [0.1, 0.15) is 25.7 Å². The van der Waals surface area contributed by atoms with E-state index in [-0.39, 0.29) is 5.92 Å². The third-order valence-electron chi connectivity index (χ3n) is 3.11. The van der Waals surface area contributed by atoms with Crippen molar-refractivity contribution < 1.29 is 9.90 Å². The van der Waals surface area contributed by atoms with Crippen LogP contribution in [0.15, 0.2) is 0 Å². The molecule has 0 radical (unpaired) electrons. The van der Waals surface area contributed by atoms with E-state index in [2.05, 4.69) is 4.90 Å². The van der Waals surface area contributed by atoms with Crippen molar-refractivity contribution in [3.63, 3.8) is 0 Å². The highest BCUT2D eigenvalue weighted by Gasteiger charge is 2.36. The molecule has 0 amide bonds. The molecule has 3 nitrogen and oxygen atoms in total. The topological polar surface area (TPSA) is 40.5 Å². The van der Waals surface area contributed by atoms with Gasteiger partial charge in [-0.05, 0) is 25.8 Å². The maximum absolute atomic E-state index is 10.7. The predicted molar refractivity (Wildman–Crippen MR) is 45.0 cm³/mol. The van der Waals surface area contributed by atoms with E-state index in [9.17, 15) is 4.79 Å². The molecule has 0 saturated carbocycles. The fourth-order valence-corrected chi connectivity index (χ4v) is 2.43. The van der Waals surface area contributed by atoms with Gasteiger partial charge in [-0.3, -0.25) is 9.69 Å². The smallest absolute Gasteiger partial charge is 0.307 e. The molecule has 0 aromatic carbocycles. The first-order valence-corrected chi connectivity index (χ1v) is 4.74. The summed E-state index contributed by atoms with van der Waals surface area (Å²) < 4.78 is 0. The van der Waals surface area contributed by atoms with Crippen molar-refractivity contribution in [2.24, 2.45) is 5.92 Å². The summed E-state index contributed by atoms with van der Waals surface area (Å²) >= 11 is 0. The molecule has 3 heteroatoms. The van der Waals surface area contributed by atoms with E-state index in [0.29, 0.717) is 6.04 Å². The van der Waals surface area contributed by atoms with Crippen LogP contribution in [0.25, 0.3) is 0 Å². The van der Waals surface area contributed by atoms with E-state index in [1.54, 1.807) is 0 Å². The Hall–Kier alpha value is -0.570. The zero-order valence-electron chi connectivity index (χ0n) is 7.20. The lowest BCUT2D eigenvalue weighted by Gasteiger charge is -2.28. The average molecular weight is 169 g/mol. The summed E-state index contributed by atoms with van der Waals surface area (Å²) in [7, 11) is 0. The van der Waals surface area contributed by atoms with Crippen molar-refractivity contribution in [2.75, 3.05) is 13.1 Å². The summed E-state index contributed by atoms with van der Waals surface area (Å²) in [6.45, 7) is 1.91. The molecule has 2 aliphatic heterocycles. The highest BCUT2D eigenvalue weighted by molar-refractivity contribution is 5.70. The maximum Gasteiger partial charge on any atom is 0.307 e. The first kappa shape index (κ1) is 8.05. The molecule has 1 N–H and O–H groups in total. The van der Waals surface area contributed by atoms with Crippen molar-refractivity contribution in [2.45, 2.75) is 31.7 Å². The van der Waals surface area contributed by atoms with Gasteiger partial charge < -0.3 is 5.11 Å². The molecule has 0 bridgehead atoms. The van der Waals surface area contributed by atoms with Gasteiger partial charge in [-0.25, -0.2) is 0 Å². The van der Waals surface area contributed by atoms with Gasteiger partial charge in [0.05, 0.1) is 5.92 Å². The summed E-state index contributed by atoms with van der Waals surface area (Å²) in [5.74, 6) is -0.697. The lowest BCUT2D eigenvalue weighted by Crippen LogP contribution is -2.34. The van der Waals surface area contributed by atoms with Gasteiger partial charge in [0, 0.05) is 12.6 Å². The molecule has 0 aliphatic carbocycles. The number of aliphatic carboxylic acids is 1. The van der Waals surface area contributed by atoms with Crippen molar-refractivity contribution in [1.29, 1.82) is 0 Å². The molecule has 2 aliphatic rings. The Morgan fingerprint density at radius 2 is 2.25 bits per heavy atom. The molecular formula is C9H15NO2. The van der Waals surface area contributed by atoms with Gasteiger partial charge in [0.2, 0.25) is 0 Å². The summed E-state index contributed by atoms with van der Waals surface area (Å²) in [4.78, 5) is 13.1. The Bertz CT molecular complexity index is 179. The molecule has 2 heterocycles. The number of fused-ring (bicyclic) bond motifs is 1. The summed E-state index contributed by atoms with van der Waals surface area (Å²) in [6.07, 6.45) is 4.63. The number of nitrogens with zero attached hydrogens (tertiary/aromatic N) is 1. The van der Waals surface area contributed by atoms with Crippen LogP contribution in [0.3, 0.4) is 0 Å². The number of carbonyl (C=O) groups is 1. The third-order valence-corrected chi connectivity index (χ3v) is 3.11. The van der Waals surface area contributed by atoms with Crippen LogP contribution in [0.4, 0.5) is 0 Å². The van der Waals surface area contributed by atoms with E-state index in [4.69, 9.17) is 5.11 Å². The van der Waals surface area contributed by atoms with Crippen molar-refractivity contribution in [3.05, 3.63) is 0 Å². The monoisotopic (exact) mass is 169 g/mol. The fourth-order valence-electron chi connectivity index (χ4n) is 2.43. The van der Waals surface area contributed by atoms with E-state index >= 15 is 0 Å². The van der Waals surface area contributed by atoms with Crippen LogP contribution in [-0.2, 0) is 4.79 Å². The quantitative estimate of drug-likeness (QED) is 0.635. The van der Waals surface area contributed by atoms with Crippen LogP contribution in [-0.4, -0.2) is 35.1 Å². The molecule has 0 spiro atoms. The minimum absolute atomic E-state index is 0.0897. The lowest BCUT2D eigenvalue weighted by molar-refractivity contribution is -0.141. The number of rotatable bonds is 1. The Morgan fingerprint density at radius 3 is 2.92 bits per heavy atom. The molecule has 2 atom stereocenters. The highest BCUT2D eigenvalue weighted by atomic mass is 16.4. The number of hydrogen-bond acceptors (Lipinski definition) is 2. The van der Waals surface area contributed by atoms with Crippen LogP contribution >= 0.6 is 0 Å². The van der Waals surface area contributed by atoms with Gasteiger partial charge in [-0.15, -0.1) is 0 Å². The Balaban J connectivity index is 1.98. The minimum atomic E-state index is -0.607. The highest BCUT2D eigenvalue weighted by Crippen LogP contribution is 2.30. The van der Waals surface area contributed by atoms with E-state index in [1.165, 1.54) is 19.3 Å². The minimum Gasteiger partial charge on any atom is -0.481 e. The van der Waals surface area contributed by atoms with Crippen molar-refractivity contribution in [1.82, 2.24) is 4.90 Å². The van der Waals surface area contributed by atoms with Gasteiger partial charge in [0.15, 0.2) is 0 Å². The Morgan fingerprint density at radius 1 is 1.42 bits per heavy atom. The van der Waals surface area contributed by atoms with Gasteiger partial charge in [0.1, 0.15) is 0 Å². The number of carboxylic acid groups (broad SMARTS) is 1. The second-order valence-corrected chi connectivity index (χ2v) is 3.92. The average Bonchev–Trinajstić information content (AvgIpc) is 2.46. The molecule has 2 rings (SSSR count). The van der Waals surface area contributed by atoms with Gasteiger partial charge >= 0.3 is 5.97 Å². The van der Waals surface area contributed by atoms with Crippen LogP contribution in [0, 0.1) is 5.92 Å². The maximum atomic E-state index is 10.7. The summed E-state index contributed by atoms with van der Waals surface area (Å²) in [5, 5.41) is 8.83. The number of hydrogen-bond donors (Lipinski definition) is 1. The molecule has 68 valence electrons. The standard InChI is InChI=1S/C9H15NO2/c11-9(12)7-5-8-3-1-2-4-10(8)6-7/h7-8H,1-6H2,(H,11,12)/t7-,8+/m0/s1. The first-order chi connectivity index (χ1) is 5.77. The second-order valence-electron chi connectivity index (χ2n) is 3.92. The Labute approximate surface area is 72.4 Å². The molecule has 2 saturated heterocycles. The van der Waals surface area contributed by atoms with Crippen LogP contribution < -0.4 is 0 Å². The van der Waals surface area contributed by atoms with E-state index in [1.807, 2.05) is 0 Å². The SMILES string of the molecule is O=C(O)[C@H]1C[C@H]2CCCCN2C1. The second kappa shape index (κ2) is 3.05.